The van der Waals surface area contributed by atoms with E-state index >= 15 is 0 Å². The van der Waals surface area contributed by atoms with Crippen molar-refractivity contribution in [2.45, 2.75) is 86.9 Å². The number of benzene rings is 2. The van der Waals surface area contributed by atoms with Crippen molar-refractivity contribution in [1.29, 1.82) is 0 Å². The van der Waals surface area contributed by atoms with Crippen molar-refractivity contribution in [2.75, 3.05) is 44.4 Å². The minimum Gasteiger partial charge on any atom is -0.490 e. The number of sulfonamides is 1. The van der Waals surface area contributed by atoms with Crippen LogP contribution in [-0.4, -0.2) is 77.7 Å². The van der Waals surface area contributed by atoms with Crippen LogP contribution in [0.5, 0.6) is 5.75 Å². The highest BCUT2D eigenvalue weighted by Gasteiger charge is 2.45. The first kappa shape index (κ1) is 35.1. The number of halogens is 1. The lowest BCUT2D eigenvalue weighted by Crippen LogP contribution is -2.50. The number of anilines is 1. The average molecular weight is 728 g/mol. The molecule has 11 nitrogen and oxygen atoms in total. The number of ether oxygens (including phenoxy) is 4. The molecule has 2 fully saturated rings. The van der Waals surface area contributed by atoms with Crippen LogP contribution in [-0.2, 0) is 40.9 Å². The summed E-state index contributed by atoms with van der Waals surface area (Å²) in [6, 6.07) is 10.9. The van der Waals surface area contributed by atoms with E-state index in [4.69, 9.17) is 30.5 Å². The molecule has 2 N–H and O–H groups in total. The molecule has 2 aromatic carbocycles. The molecule has 13 heteroatoms. The molecule has 270 valence electrons. The number of fused-ring (bicyclic) bond motifs is 4. The molecule has 2 bridgehead atoms. The van der Waals surface area contributed by atoms with E-state index in [1.54, 1.807) is 18.2 Å². The van der Waals surface area contributed by atoms with Gasteiger partial charge in [-0.05, 0) is 112 Å². The molecule has 0 unspecified atom stereocenters. The summed E-state index contributed by atoms with van der Waals surface area (Å²) in [5, 5.41) is 3.72. The predicted octanol–water partition coefficient (Wildman–Crippen LogP) is 5.28. The summed E-state index contributed by atoms with van der Waals surface area (Å²) >= 11 is 6.44. The Kier molecular flexibility index (Phi) is 9.83. The largest absolute Gasteiger partial charge is 0.490 e. The quantitative estimate of drug-likeness (QED) is 0.397. The predicted molar refractivity (Wildman–Crippen MR) is 188 cm³/mol. The molecular formula is C37H46ClN3O8S. The summed E-state index contributed by atoms with van der Waals surface area (Å²) in [5.41, 5.74) is 1.24. The Morgan fingerprint density at radius 2 is 1.92 bits per heavy atom. The van der Waals surface area contributed by atoms with Gasteiger partial charge in [-0.25, -0.2) is 17.9 Å². The first-order valence-corrected chi connectivity index (χ1v) is 19.5. The van der Waals surface area contributed by atoms with E-state index in [0.29, 0.717) is 49.4 Å². The maximum Gasteiger partial charge on any atom is 0.407 e. The van der Waals surface area contributed by atoms with Gasteiger partial charge < -0.3 is 29.2 Å². The monoisotopic (exact) mass is 727 g/mol. The van der Waals surface area contributed by atoms with Crippen molar-refractivity contribution < 1.29 is 37.0 Å². The molecule has 1 saturated heterocycles. The highest BCUT2D eigenvalue weighted by Crippen LogP contribution is 2.47. The van der Waals surface area contributed by atoms with Crippen LogP contribution < -0.4 is 19.7 Å². The summed E-state index contributed by atoms with van der Waals surface area (Å²) in [4.78, 5) is 28.7. The zero-order valence-corrected chi connectivity index (χ0v) is 30.2. The second kappa shape index (κ2) is 14.0. The lowest BCUT2D eigenvalue weighted by Gasteiger charge is -2.46. The first-order chi connectivity index (χ1) is 23.9. The van der Waals surface area contributed by atoms with Gasteiger partial charge in [-0.15, -0.1) is 0 Å². The molecule has 2 aliphatic carbocycles. The number of nitrogens with zero attached hydrogens (tertiary/aromatic N) is 1. The van der Waals surface area contributed by atoms with Gasteiger partial charge in [0.25, 0.3) is 15.9 Å². The smallest absolute Gasteiger partial charge is 0.407 e. The van der Waals surface area contributed by atoms with Crippen LogP contribution in [0.2, 0.25) is 5.02 Å². The van der Waals surface area contributed by atoms with Crippen molar-refractivity contribution in [1.82, 2.24) is 10.0 Å². The van der Waals surface area contributed by atoms with Crippen LogP contribution in [0, 0.1) is 11.8 Å². The fourth-order valence-electron chi connectivity index (χ4n) is 8.05. The van der Waals surface area contributed by atoms with E-state index in [-0.39, 0.29) is 34.8 Å². The molecule has 2 aromatic rings. The Balaban J connectivity index is 1.25. The summed E-state index contributed by atoms with van der Waals surface area (Å²) in [7, 11) is -4.24. The van der Waals surface area contributed by atoms with Gasteiger partial charge >= 0.3 is 6.09 Å². The molecule has 4 atom stereocenters. The number of amides is 2. The van der Waals surface area contributed by atoms with Crippen molar-refractivity contribution in [3.05, 3.63) is 64.7 Å². The third kappa shape index (κ3) is 7.22. The minimum absolute atomic E-state index is 0.00484. The molecule has 2 amide bonds. The Morgan fingerprint density at radius 3 is 2.70 bits per heavy atom. The first-order valence-electron chi connectivity index (χ1n) is 17.7. The van der Waals surface area contributed by atoms with Crippen LogP contribution in [0.1, 0.15) is 63.5 Å². The van der Waals surface area contributed by atoms with E-state index in [2.05, 4.69) is 21.0 Å². The van der Waals surface area contributed by atoms with Crippen LogP contribution in [0.4, 0.5) is 10.5 Å². The van der Waals surface area contributed by atoms with Crippen molar-refractivity contribution >= 4 is 39.3 Å². The van der Waals surface area contributed by atoms with E-state index in [0.717, 1.165) is 44.9 Å². The Labute approximate surface area is 299 Å². The van der Waals surface area contributed by atoms with Crippen molar-refractivity contribution in [2.24, 2.45) is 11.8 Å². The molecule has 3 heterocycles. The fraction of sp³-hybridized carbons (Fsp3) is 0.568. The maximum atomic E-state index is 13.6. The van der Waals surface area contributed by atoms with Crippen LogP contribution in [0.15, 0.2) is 53.4 Å². The topological polar surface area (TPSA) is 132 Å². The lowest BCUT2D eigenvalue weighted by atomic mass is 9.68. The van der Waals surface area contributed by atoms with Crippen molar-refractivity contribution in [3.8, 4) is 5.75 Å². The number of carbonyl (C=O) groups excluding carboxylic acids is 2. The molecule has 1 spiro atoms. The van der Waals surface area contributed by atoms with E-state index < -0.39 is 33.7 Å². The Hall–Kier alpha value is -3.32. The average Bonchev–Trinajstić information content (AvgIpc) is 3.21. The van der Waals surface area contributed by atoms with Gasteiger partial charge in [0.05, 0.1) is 23.8 Å². The van der Waals surface area contributed by atoms with Crippen LogP contribution >= 0.6 is 11.6 Å². The molecular weight excluding hydrogens is 682 g/mol. The Morgan fingerprint density at radius 1 is 1.10 bits per heavy atom. The van der Waals surface area contributed by atoms with Gasteiger partial charge in [0.15, 0.2) is 0 Å². The molecule has 7 rings (SSSR count). The van der Waals surface area contributed by atoms with Crippen LogP contribution in [0.25, 0.3) is 0 Å². The number of hydrogen-bond acceptors (Lipinski definition) is 9. The second-order valence-electron chi connectivity index (χ2n) is 14.8. The van der Waals surface area contributed by atoms with E-state index in [1.807, 2.05) is 18.2 Å². The number of carbonyl (C=O) groups is 2. The normalized spacial score (nSPS) is 29.3. The molecule has 0 aromatic heterocycles. The second-order valence-corrected chi connectivity index (χ2v) is 16.9. The Bertz CT molecular complexity index is 1760. The summed E-state index contributed by atoms with van der Waals surface area (Å²) < 4.78 is 53.5. The third-order valence-corrected chi connectivity index (χ3v) is 12.7. The molecule has 1 saturated carbocycles. The van der Waals surface area contributed by atoms with Gasteiger partial charge in [-0.1, -0.05) is 23.7 Å². The van der Waals surface area contributed by atoms with Gasteiger partial charge in [0.2, 0.25) is 0 Å². The van der Waals surface area contributed by atoms with Crippen LogP contribution in [0.3, 0.4) is 0 Å². The zero-order chi connectivity index (χ0) is 35.1. The number of aryl methyl sites for hydroxylation is 1. The summed E-state index contributed by atoms with van der Waals surface area (Å²) in [6.45, 7) is 5.88. The lowest BCUT2D eigenvalue weighted by molar-refractivity contribution is -0.139. The van der Waals surface area contributed by atoms with Crippen molar-refractivity contribution in [3.63, 3.8) is 0 Å². The van der Waals surface area contributed by atoms with Gasteiger partial charge in [-0.2, -0.15) is 0 Å². The standard InChI is InChI=1S/C37H46ClN3O8S/c1-36(2)34(42)40-50(44,45)28-9-12-33-31(20-28)41(22-37(23-47-33)15-3-5-24-19-26(38)8-11-30(24)37)21-25-7-10-29(25)32(6-4-16-48-36)49-35(43)39-27-13-17-46-18-14-27/h4,6,8-9,11-12,19-20,25,27,29,32H,3,5,7,10,13-18,21-23H2,1-2H3,(H,39,43)(H,40,42)/t25-,29+,32-,37-/m0/s1. The number of nitrogens with one attached hydrogen (secondary N) is 2. The highest BCUT2D eigenvalue weighted by molar-refractivity contribution is 7.90. The number of rotatable bonds is 2. The maximum absolute atomic E-state index is 13.6. The van der Waals surface area contributed by atoms with E-state index in [1.165, 1.54) is 31.0 Å². The van der Waals surface area contributed by atoms with Gasteiger partial charge in [0.1, 0.15) is 17.5 Å². The summed E-state index contributed by atoms with van der Waals surface area (Å²) in [6.07, 6.45) is 8.65. The van der Waals surface area contributed by atoms with Gasteiger partial charge in [-0.3, -0.25) is 4.79 Å². The molecule has 0 radical (unpaired) electrons. The number of alkyl carbamates (subject to hydrolysis) is 1. The highest BCUT2D eigenvalue weighted by atomic mass is 35.5. The minimum atomic E-state index is -4.24. The molecule has 50 heavy (non-hydrogen) atoms. The SMILES string of the molecule is CC1(C)OCC=C[C@H](OC(=O)NC2CCOCC2)[C@@H]2CC[C@H]2CN2C[C@@]3(CCCc4cc(Cl)ccc43)COc3ccc(cc32)S(=O)(=O)NC1=O. The molecule has 5 aliphatic rings. The zero-order valence-electron chi connectivity index (χ0n) is 28.6. The number of hydrogen-bond donors (Lipinski definition) is 2. The van der Waals surface area contributed by atoms with E-state index in [9.17, 15) is 18.0 Å². The fourth-order valence-corrected chi connectivity index (χ4v) is 9.37. The van der Waals surface area contributed by atoms with Gasteiger partial charge in [0, 0.05) is 48.7 Å². The summed E-state index contributed by atoms with van der Waals surface area (Å²) in [5.74, 6) is -0.0523. The third-order valence-electron chi connectivity index (χ3n) is 11.1. The molecule has 3 aliphatic heterocycles.